The third-order valence-electron chi connectivity index (χ3n) is 1.75. The van der Waals surface area contributed by atoms with E-state index in [2.05, 4.69) is 0 Å². The molecule has 0 fully saturated rings. The molecule has 0 aromatic heterocycles. The van der Waals surface area contributed by atoms with Crippen LogP contribution in [0.25, 0.3) is 0 Å². The molecule has 4 nitrogen and oxygen atoms in total. The van der Waals surface area contributed by atoms with Gasteiger partial charge in [-0.25, -0.2) is 0 Å². The van der Waals surface area contributed by atoms with Crippen molar-refractivity contribution in [3.05, 3.63) is 23.8 Å². The Labute approximate surface area is 72.0 Å². The molecule has 1 unspecified atom stereocenters. The summed E-state index contributed by atoms with van der Waals surface area (Å²) < 4.78 is 5.33. The lowest BCUT2D eigenvalue weighted by Gasteiger charge is -2.06. The zero-order valence-corrected chi connectivity index (χ0v) is 6.94. The average molecular weight is 169 g/mol. The van der Waals surface area contributed by atoms with Gasteiger partial charge in [-0.2, -0.15) is 0 Å². The van der Waals surface area contributed by atoms with Gasteiger partial charge in [0.1, 0.15) is 0 Å². The molecule has 4 heteroatoms. The molecule has 1 rings (SSSR count). The van der Waals surface area contributed by atoms with Gasteiger partial charge in [0.15, 0.2) is 0 Å². The largest absolute Gasteiger partial charge is 0.369 e. The standard InChI is InChI=1S/C8H15N3O/c9-5-7-2-1-6(8(10)11)3-4-12-7/h1-3,7-8H,4-5,9-11H2. The van der Waals surface area contributed by atoms with Gasteiger partial charge < -0.3 is 21.9 Å². The smallest absolute Gasteiger partial charge is 0.0885 e. The van der Waals surface area contributed by atoms with Gasteiger partial charge in [0.25, 0.3) is 0 Å². The summed E-state index contributed by atoms with van der Waals surface area (Å²) in [5, 5.41) is 0. The third kappa shape index (κ3) is 2.42. The molecule has 12 heavy (non-hydrogen) atoms. The van der Waals surface area contributed by atoms with Crippen LogP contribution < -0.4 is 17.2 Å². The summed E-state index contributed by atoms with van der Waals surface area (Å²) in [6.07, 6.45) is 5.18. The van der Waals surface area contributed by atoms with Crippen LogP contribution in [0, 0.1) is 0 Å². The first-order valence-corrected chi connectivity index (χ1v) is 3.95. The summed E-state index contributed by atoms with van der Waals surface area (Å²) in [5.74, 6) is 0. The summed E-state index contributed by atoms with van der Waals surface area (Å²) in [7, 11) is 0. The van der Waals surface area contributed by atoms with Gasteiger partial charge in [-0.3, -0.25) is 0 Å². The quantitative estimate of drug-likeness (QED) is 0.466. The van der Waals surface area contributed by atoms with Gasteiger partial charge in [-0.05, 0) is 5.57 Å². The van der Waals surface area contributed by atoms with Crippen LogP contribution >= 0.6 is 0 Å². The Morgan fingerprint density at radius 3 is 2.92 bits per heavy atom. The van der Waals surface area contributed by atoms with Crippen molar-refractivity contribution in [2.75, 3.05) is 13.2 Å². The maximum Gasteiger partial charge on any atom is 0.0885 e. The van der Waals surface area contributed by atoms with E-state index in [9.17, 15) is 0 Å². The Morgan fingerprint density at radius 1 is 1.58 bits per heavy atom. The highest BCUT2D eigenvalue weighted by Crippen LogP contribution is 2.06. The summed E-state index contributed by atoms with van der Waals surface area (Å²) in [6.45, 7) is 1.01. The van der Waals surface area contributed by atoms with Crippen LogP contribution in [0.15, 0.2) is 23.8 Å². The molecule has 0 saturated heterocycles. The molecule has 1 aliphatic rings. The van der Waals surface area contributed by atoms with Crippen LogP contribution in [-0.4, -0.2) is 25.4 Å². The normalized spacial score (nSPS) is 24.0. The lowest BCUT2D eigenvalue weighted by atomic mass is 10.2. The SMILES string of the molecule is NCC1C=CC(C(N)N)=CCO1. The van der Waals surface area contributed by atoms with Crippen LogP contribution in [0.3, 0.4) is 0 Å². The van der Waals surface area contributed by atoms with E-state index < -0.39 is 6.17 Å². The van der Waals surface area contributed by atoms with Crippen molar-refractivity contribution in [2.24, 2.45) is 17.2 Å². The van der Waals surface area contributed by atoms with Crippen LogP contribution in [0.1, 0.15) is 0 Å². The van der Waals surface area contributed by atoms with Gasteiger partial charge in [0, 0.05) is 6.54 Å². The molecule has 0 aromatic carbocycles. The first-order chi connectivity index (χ1) is 5.74. The van der Waals surface area contributed by atoms with Crippen molar-refractivity contribution in [3.8, 4) is 0 Å². The van der Waals surface area contributed by atoms with Crippen molar-refractivity contribution < 1.29 is 4.74 Å². The van der Waals surface area contributed by atoms with E-state index in [1.54, 1.807) is 0 Å². The second kappa shape index (κ2) is 4.37. The Kier molecular flexibility index (Phi) is 3.43. The third-order valence-corrected chi connectivity index (χ3v) is 1.75. The Balaban J connectivity index is 2.61. The van der Waals surface area contributed by atoms with E-state index in [0.717, 1.165) is 5.57 Å². The molecular formula is C8H15N3O. The molecule has 1 aliphatic heterocycles. The Hall–Kier alpha value is -0.680. The van der Waals surface area contributed by atoms with Crippen LogP contribution in [-0.2, 0) is 4.74 Å². The van der Waals surface area contributed by atoms with Gasteiger partial charge in [-0.15, -0.1) is 0 Å². The predicted octanol–water partition coefficient (Wildman–Crippen LogP) is -0.930. The molecule has 0 bridgehead atoms. The summed E-state index contributed by atoms with van der Waals surface area (Å²) in [4.78, 5) is 0. The maximum absolute atomic E-state index is 5.49. The average Bonchev–Trinajstić information content (AvgIpc) is 2.28. The maximum atomic E-state index is 5.49. The number of rotatable bonds is 2. The second-order valence-electron chi connectivity index (χ2n) is 2.70. The molecule has 0 amide bonds. The van der Waals surface area contributed by atoms with E-state index in [1.807, 2.05) is 18.2 Å². The number of hydrogen-bond acceptors (Lipinski definition) is 4. The summed E-state index contributed by atoms with van der Waals surface area (Å²) in [6, 6.07) is 0. The zero-order valence-electron chi connectivity index (χ0n) is 6.94. The first kappa shape index (κ1) is 9.41. The van der Waals surface area contributed by atoms with Gasteiger partial charge in [0.2, 0.25) is 0 Å². The fraction of sp³-hybridized carbons (Fsp3) is 0.500. The highest BCUT2D eigenvalue weighted by Gasteiger charge is 2.07. The molecular weight excluding hydrogens is 154 g/mol. The summed E-state index contributed by atoms with van der Waals surface area (Å²) >= 11 is 0. The van der Waals surface area contributed by atoms with Gasteiger partial charge in [-0.1, -0.05) is 18.2 Å². The van der Waals surface area contributed by atoms with Crippen molar-refractivity contribution >= 4 is 0 Å². The van der Waals surface area contributed by atoms with Crippen LogP contribution in [0.2, 0.25) is 0 Å². The Morgan fingerprint density at radius 2 is 2.33 bits per heavy atom. The highest BCUT2D eigenvalue weighted by molar-refractivity contribution is 5.25. The molecule has 68 valence electrons. The van der Waals surface area contributed by atoms with Crippen LogP contribution in [0.4, 0.5) is 0 Å². The molecule has 0 aliphatic carbocycles. The lowest BCUT2D eigenvalue weighted by molar-refractivity contribution is 0.116. The molecule has 0 aromatic rings. The van der Waals surface area contributed by atoms with E-state index in [-0.39, 0.29) is 6.10 Å². The van der Waals surface area contributed by atoms with Crippen molar-refractivity contribution in [1.82, 2.24) is 0 Å². The molecule has 1 heterocycles. The Bertz CT molecular complexity index is 198. The number of hydrogen-bond donors (Lipinski definition) is 3. The fourth-order valence-corrected chi connectivity index (χ4v) is 1.00. The van der Waals surface area contributed by atoms with Crippen molar-refractivity contribution in [2.45, 2.75) is 12.3 Å². The number of ether oxygens (including phenoxy) is 1. The van der Waals surface area contributed by atoms with E-state index in [4.69, 9.17) is 21.9 Å². The minimum Gasteiger partial charge on any atom is -0.369 e. The summed E-state index contributed by atoms with van der Waals surface area (Å²) in [5.41, 5.74) is 17.3. The lowest BCUT2D eigenvalue weighted by Crippen LogP contribution is -2.31. The van der Waals surface area contributed by atoms with Crippen molar-refractivity contribution in [1.29, 1.82) is 0 Å². The second-order valence-corrected chi connectivity index (χ2v) is 2.70. The van der Waals surface area contributed by atoms with E-state index >= 15 is 0 Å². The van der Waals surface area contributed by atoms with Crippen LogP contribution in [0.5, 0.6) is 0 Å². The minimum absolute atomic E-state index is 0.0162. The predicted molar refractivity (Wildman–Crippen MR) is 48.2 cm³/mol. The molecule has 0 spiro atoms. The monoisotopic (exact) mass is 169 g/mol. The molecule has 6 N–H and O–H groups in total. The minimum atomic E-state index is -0.429. The highest BCUT2D eigenvalue weighted by atomic mass is 16.5. The first-order valence-electron chi connectivity index (χ1n) is 3.95. The molecule has 0 radical (unpaired) electrons. The molecule has 1 atom stereocenters. The van der Waals surface area contributed by atoms with E-state index in [1.165, 1.54) is 0 Å². The van der Waals surface area contributed by atoms with Crippen molar-refractivity contribution in [3.63, 3.8) is 0 Å². The van der Waals surface area contributed by atoms with Gasteiger partial charge in [0.05, 0.1) is 18.9 Å². The van der Waals surface area contributed by atoms with E-state index in [0.29, 0.717) is 13.2 Å². The van der Waals surface area contributed by atoms with Gasteiger partial charge >= 0.3 is 0 Å². The fourth-order valence-electron chi connectivity index (χ4n) is 1.00. The molecule has 0 saturated carbocycles. The number of nitrogens with two attached hydrogens (primary N) is 3. The topological polar surface area (TPSA) is 87.3 Å². The zero-order chi connectivity index (χ0) is 8.97.